The zero-order valence-electron chi connectivity index (χ0n) is 18.3. The number of aromatic nitrogens is 2. The highest BCUT2D eigenvalue weighted by atomic mass is 19.1. The van der Waals surface area contributed by atoms with Gasteiger partial charge in [-0.25, -0.2) is 9.37 Å². The fraction of sp³-hybridized carbons (Fsp3) is 0.231. The molecule has 0 aliphatic rings. The first-order valence-corrected chi connectivity index (χ1v) is 10.7. The number of rotatable bonds is 8. The third kappa shape index (κ3) is 4.80. The monoisotopic (exact) mass is 431 g/mol. The van der Waals surface area contributed by atoms with Crippen molar-refractivity contribution >= 4 is 16.9 Å². The van der Waals surface area contributed by atoms with Crippen LogP contribution in [0, 0.1) is 19.7 Å². The highest BCUT2D eigenvalue weighted by Gasteiger charge is 2.14. The number of para-hydroxylation sites is 2. The maximum Gasteiger partial charge on any atom is 0.254 e. The number of benzene rings is 3. The number of imidazole rings is 1. The number of amides is 1. The highest BCUT2D eigenvalue weighted by molar-refractivity contribution is 5.94. The number of hydrogen-bond acceptors (Lipinski definition) is 3. The minimum absolute atomic E-state index is 0.0251. The molecular formula is C26H26FN3O2. The van der Waals surface area contributed by atoms with Gasteiger partial charge in [0.2, 0.25) is 0 Å². The second-order valence-electron chi connectivity index (χ2n) is 7.80. The zero-order valence-corrected chi connectivity index (χ0v) is 18.3. The van der Waals surface area contributed by atoms with E-state index in [9.17, 15) is 9.18 Å². The van der Waals surface area contributed by atoms with Gasteiger partial charge in [0.25, 0.3) is 5.91 Å². The summed E-state index contributed by atoms with van der Waals surface area (Å²) in [5.74, 6) is 0.627. The van der Waals surface area contributed by atoms with E-state index < -0.39 is 11.7 Å². The zero-order chi connectivity index (χ0) is 22.5. The summed E-state index contributed by atoms with van der Waals surface area (Å²) in [6, 6.07) is 20.0. The molecule has 32 heavy (non-hydrogen) atoms. The lowest BCUT2D eigenvalue weighted by molar-refractivity contribution is 0.0945. The molecule has 1 amide bonds. The van der Waals surface area contributed by atoms with Crippen LogP contribution in [-0.2, 0) is 13.1 Å². The number of aryl methyl sites for hydroxylation is 3. The van der Waals surface area contributed by atoms with E-state index in [1.54, 1.807) is 12.1 Å². The summed E-state index contributed by atoms with van der Waals surface area (Å²) < 4.78 is 22.0. The van der Waals surface area contributed by atoms with E-state index in [4.69, 9.17) is 4.74 Å². The van der Waals surface area contributed by atoms with E-state index in [0.29, 0.717) is 13.2 Å². The van der Waals surface area contributed by atoms with Gasteiger partial charge in [0.05, 0.1) is 29.7 Å². The highest BCUT2D eigenvalue weighted by Crippen LogP contribution is 2.20. The second kappa shape index (κ2) is 9.64. The van der Waals surface area contributed by atoms with Crippen molar-refractivity contribution in [2.24, 2.45) is 0 Å². The van der Waals surface area contributed by atoms with Crippen LogP contribution >= 0.6 is 0 Å². The van der Waals surface area contributed by atoms with Gasteiger partial charge in [-0.1, -0.05) is 36.4 Å². The molecule has 0 bridgehead atoms. The molecule has 0 saturated heterocycles. The number of carbonyl (C=O) groups is 1. The van der Waals surface area contributed by atoms with Crippen LogP contribution in [0.15, 0.2) is 66.7 Å². The average Bonchev–Trinajstić information content (AvgIpc) is 3.15. The van der Waals surface area contributed by atoms with Gasteiger partial charge in [-0.05, 0) is 61.7 Å². The number of hydrogen-bond donors (Lipinski definition) is 1. The van der Waals surface area contributed by atoms with Gasteiger partial charge in [0.15, 0.2) is 0 Å². The van der Waals surface area contributed by atoms with Crippen molar-refractivity contribution in [2.45, 2.75) is 33.4 Å². The van der Waals surface area contributed by atoms with Crippen LogP contribution in [0.1, 0.15) is 33.7 Å². The Morgan fingerprint density at radius 1 is 1.06 bits per heavy atom. The number of nitrogens with zero attached hydrogens (tertiary/aromatic N) is 2. The largest absolute Gasteiger partial charge is 0.493 e. The molecule has 0 fully saturated rings. The minimum Gasteiger partial charge on any atom is -0.493 e. The van der Waals surface area contributed by atoms with Gasteiger partial charge in [-0.3, -0.25) is 4.79 Å². The normalized spacial score (nSPS) is 11.0. The molecule has 0 saturated carbocycles. The van der Waals surface area contributed by atoms with Gasteiger partial charge in [-0.2, -0.15) is 0 Å². The fourth-order valence-electron chi connectivity index (χ4n) is 3.68. The van der Waals surface area contributed by atoms with Crippen LogP contribution < -0.4 is 10.1 Å². The molecule has 0 radical (unpaired) electrons. The lowest BCUT2D eigenvalue weighted by Crippen LogP contribution is -2.25. The predicted molar refractivity (Wildman–Crippen MR) is 123 cm³/mol. The van der Waals surface area contributed by atoms with Crippen molar-refractivity contribution in [3.8, 4) is 5.75 Å². The Balaban J connectivity index is 1.45. The first-order chi connectivity index (χ1) is 15.5. The van der Waals surface area contributed by atoms with E-state index in [0.717, 1.165) is 34.6 Å². The van der Waals surface area contributed by atoms with Crippen LogP contribution in [0.2, 0.25) is 0 Å². The third-order valence-electron chi connectivity index (χ3n) is 5.39. The van der Waals surface area contributed by atoms with E-state index in [-0.39, 0.29) is 12.1 Å². The predicted octanol–water partition coefficient (Wildman–Crippen LogP) is 5.19. The molecule has 0 unspecified atom stereocenters. The Bertz CT molecular complexity index is 1250. The van der Waals surface area contributed by atoms with Crippen molar-refractivity contribution in [3.05, 3.63) is 95.1 Å². The smallest absolute Gasteiger partial charge is 0.254 e. The molecule has 1 aromatic heterocycles. The van der Waals surface area contributed by atoms with Crippen LogP contribution in [-0.4, -0.2) is 22.1 Å². The summed E-state index contributed by atoms with van der Waals surface area (Å²) in [6.45, 7) is 5.55. The van der Waals surface area contributed by atoms with E-state index in [1.807, 2.05) is 44.2 Å². The average molecular weight is 432 g/mol. The standard InChI is InChI=1S/C26H26FN3O2/c1-18-12-13-19(2)24(16-18)32-15-7-14-30-23-11-6-5-10-22(23)29-25(30)17-28-26(31)20-8-3-4-9-21(20)27/h3-6,8-13,16H,7,14-15,17H2,1-2H3,(H,28,31). The molecule has 4 rings (SSSR count). The molecule has 4 aromatic rings. The maximum absolute atomic E-state index is 13.9. The summed E-state index contributed by atoms with van der Waals surface area (Å²) in [4.78, 5) is 17.1. The lowest BCUT2D eigenvalue weighted by Gasteiger charge is -2.13. The Hall–Kier alpha value is -3.67. The quantitative estimate of drug-likeness (QED) is 0.391. The summed E-state index contributed by atoms with van der Waals surface area (Å²) in [6.07, 6.45) is 0.780. The van der Waals surface area contributed by atoms with E-state index >= 15 is 0 Å². The Morgan fingerprint density at radius 3 is 2.69 bits per heavy atom. The molecule has 0 atom stereocenters. The van der Waals surface area contributed by atoms with Crippen LogP contribution in [0.5, 0.6) is 5.75 Å². The van der Waals surface area contributed by atoms with Gasteiger partial charge in [0.1, 0.15) is 17.4 Å². The van der Waals surface area contributed by atoms with E-state index in [1.165, 1.54) is 17.7 Å². The molecule has 6 heteroatoms. The lowest BCUT2D eigenvalue weighted by atomic mass is 10.1. The van der Waals surface area contributed by atoms with Crippen molar-refractivity contribution in [1.82, 2.24) is 14.9 Å². The van der Waals surface area contributed by atoms with Crippen LogP contribution in [0.25, 0.3) is 11.0 Å². The van der Waals surface area contributed by atoms with Crippen molar-refractivity contribution < 1.29 is 13.9 Å². The Morgan fingerprint density at radius 2 is 1.84 bits per heavy atom. The fourth-order valence-corrected chi connectivity index (χ4v) is 3.68. The topological polar surface area (TPSA) is 56.1 Å². The summed E-state index contributed by atoms with van der Waals surface area (Å²) in [5, 5.41) is 2.79. The maximum atomic E-state index is 13.9. The van der Waals surface area contributed by atoms with Gasteiger partial charge in [0, 0.05) is 6.54 Å². The molecule has 0 aliphatic carbocycles. The van der Waals surface area contributed by atoms with Gasteiger partial charge in [-0.15, -0.1) is 0 Å². The van der Waals surface area contributed by atoms with Crippen molar-refractivity contribution in [2.75, 3.05) is 6.61 Å². The molecule has 1 heterocycles. The van der Waals surface area contributed by atoms with Gasteiger partial charge < -0.3 is 14.6 Å². The first kappa shape index (κ1) is 21.6. The Labute approximate surface area is 186 Å². The Kier molecular flexibility index (Phi) is 6.50. The number of halogens is 1. The molecule has 164 valence electrons. The number of carbonyl (C=O) groups excluding carboxylic acids is 1. The molecule has 0 aliphatic heterocycles. The summed E-state index contributed by atoms with van der Waals surface area (Å²) in [7, 11) is 0. The molecule has 1 N–H and O–H groups in total. The SMILES string of the molecule is Cc1ccc(C)c(OCCCn2c(CNC(=O)c3ccccc3F)nc3ccccc32)c1. The van der Waals surface area contributed by atoms with Crippen molar-refractivity contribution in [1.29, 1.82) is 0 Å². The number of ether oxygens (including phenoxy) is 1. The van der Waals surface area contributed by atoms with Gasteiger partial charge >= 0.3 is 0 Å². The van der Waals surface area contributed by atoms with E-state index in [2.05, 4.69) is 27.0 Å². The number of nitrogens with one attached hydrogen (secondary N) is 1. The summed E-state index contributed by atoms with van der Waals surface area (Å²) in [5.41, 5.74) is 4.16. The summed E-state index contributed by atoms with van der Waals surface area (Å²) >= 11 is 0. The van der Waals surface area contributed by atoms with Crippen LogP contribution in [0.4, 0.5) is 4.39 Å². The molecule has 0 spiro atoms. The molecular weight excluding hydrogens is 405 g/mol. The minimum atomic E-state index is -0.540. The molecule has 5 nitrogen and oxygen atoms in total. The third-order valence-corrected chi connectivity index (χ3v) is 5.39. The second-order valence-corrected chi connectivity index (χ2v) is 7.80. The molecule has 3 aromatic carbocycles. The van der Waals surface area contributed by atoms with Crippen molar-refractivity contribution in [3.63, 3.8) is 0 Å². The number of fused-ring (bicyclic) bond motifs is 1. The van der Waals surface area contributed by atoms with Crippen LogP contribution in [0.3, 0.4) is 0 Å². The first-order valence-electron chi connectivity index (χ1n) is 10.7.